The van der Waals surface area contributed by atoms with Crippen molar-refractivity contribution in [3.63, 3.8) is 0 Å². The summed E-state index contributed by atoms with van der Waals surface area (Å²) in [7, 11) is 2.90. The van der Waals surface area contributed by atoms with E-state index in [0.29, 0.717) is 0 Å². The number of carbonyl (C=O) groups excluding carboxylic acids is 1. The smallest absolute Gasteiger partial charge is 0.358 e. The molecule has 1 rings (SSSR count). The molecule has 0 aromatic carbocycles. The SMILES string of the molecule is CCOC(=O)C(=COC)N(C)c1nc(C(F)(Cl)Cl)ns1. The average Bonchev–Trinajstić information content (AvgIpc) is 2.84. The lowest BCUT2D eigenvalue weighted by molar-refractivity contribution is -0.138. The highest BCUT2D eigenvalue weighted by Gasteiger charge is 2.32. The molecule has 6 nitrogen and oxygen atoms in total. The van der Waals surface area contributed by atoms with Crippen molar-refractivity contribution in [3.05, 3.63) is 17.8 Å². The molecular weight excluding hydrogens is 332 g/mol. The zero-order chi connectivity index (χ0) is 15.3. The molecule has 1 aromatic rings. The van der Waals surface area contributed by atoms with E-state index >= 15 is 0 Å². The quantitative estimate of drug-likeness (QED) is 0.342. The van der Waals surface area contributed by atoms with Crippen LogP contribution in [0.1, 0.15) is 12.7 Å². The molecule has 0 radical (unpaired) electrons. The number of esters is 1. The van der Waals surface area contributed by atoms with Gasteiger partial charge in [0.1, 0.15) is 6.26 Å². The maximum Gasteiger partial charge on any atom is 0.358 e. The van der Waals surface area contributed by atoms with Crippen LogP contribution >= 0.6 is 34.7 Å². The van der Waals surface area contributed by atoms with E-state index < -0.39 is 16.4 Å². The molecule has 10 heteroatoms. The van der Waals surface area contributed by atoms with Crippen LogP contribution in [-0.2, 0) is 18.9 Å². The van der Waals surface area contributed by atoms with Crippen molar-refractivity contribution in [1.82, 2.24) is 9.36 Å². The third-order valence-corrected chi connectivity index (χ3v) is 3.16. The molecule has 0 aliphatic rings. The lowest BCUT2D eigenvalue weighted by Gasteiger charge is -2.17. The Morgan fingerprint density at radius 2 is 2.25 bits per heavy atom. The fourth-order valence-electron chi connectivity index (χ4n) is 1.15. The summed E-state index contributed by atoms with van der Waals surface area (Å²) in [6.07, 6.45) is 1.18. The lowest BCUT2D eigenvalue weighted by Crippen LogP contribution is -2.25. The first-order valence-corrected chi connectivity index (χ1v) is 6.88. The summed E-state index contributed by atoms with van der Waals surface area (Å²) < 4.78 is 24.0. The van der Waals surface area contributed by atoms with Gasteiger partial charge >= 0.3 is 10.6 Å². The second kappa shape index (κ2) is 7.05. The number of aromatic nitrogens is 2. The molecule has 1 aromatic heterocycles. The van der Waals surface area contributed by atoms with Crippen molar-refractivity contribution in [2.45, 2.75) is 11.5 Å². The van der Waals surface area contributed by atoms with Gasteiger partial charge in [-0.1, -0.05) is 23.2 Å². The number of alkyl halides is 3. The van der Waals surface area contributed by atoms with E-state index in [9.17, 15) is 9.18 Å². The Labute approximate surface area is 129 Å². The Bertz CT molecular complexity index is 504. The Morgan fingerprint density at radius 1 is 1.60 bits per heavy atom. The van der Waals surface area contributed by atoms with Crippen LogP contribution in [-0.4, -0.2) is 36.1 Å². The highest BCUT2D eigenvalue weighted by Crippen LogP contribution is 2.35. The maximum absolute atomic E-state index is 13.3. The van der Waals surface area contributed by atoms with E-state index in [4.69, 9.17) is 32.7 Å². The van der Waals surface area contributed by atoms with E-state index in [1.165, 1.54) is 25.3 Å². The van der Waals surface area contributed by atoms with Crippen LogP contribution < -0.4 is 4.90 Å². The number of rotatable bonds is 6. The van der Waals surface area contributed by atoms with Crippen LogP contribution in [0.4, 0.5) is 9.52 Å². The van der Waals surface area contributed by atoms with E-state index in [0.717, 1.165) is 11.5 Å². The van der Waals surface area contributed by atoms with Crippen molar-refractivity contribution >= 4 is 45.8 Å². The van der Waals surface area contributed by atoms with Crippen molar-refractivity contribution in [1.29, 1.82) is 0 Å². The van der Waals surface area contributed by atoms with Gasteiger partial charge in [-0.15, -0.1) is 0 Å². The van der Waals surface area contributed by atoms with Crippen LogP contribution in [0, 0.1) is 0 Å². The number of likely N-dealkylation sites (N-methyl/N-ethyl adjacent to an activating group) is 1. The Hall–Kier alpha value is -1.12. The Morgan fingerprint density at radius 3 is 2.70 bits per heavy atom. The monoisotopic (exact) mass is 343 g/mol. The Kier molecular flexibility index (Phi) is 5.97. The molecule has 0 amide bonds. The van der Waals surface area contributed by atoms with Gasteiger partial charge in [0.2, 0.25) is 11.0 Å². The van der Waals surface area contributed by atoms with Gasteiger partial charge in [-0.05, 0) is 6.92 Å². The molecular formula is C10H12Cl2FN3O3S. The molecule has 20 heavy (non-hydrogen) atoms. The van der Waals surface area contributed by atoms with Gasteiger partial charge in [0.05, 0.1) is 13.7 Å². The maximum atomic E-state index is 13.3. The van der Waals surface area contributed by atoms with Gasteiger partial charge in [0, 0.05) is 18.6 Å². The first-order valence-electron chi connectivity index (χ1n) is 5.36. The summed E-state index contributed by atoms with van der Waals surface area (Å²) in [4.78, 5) is 16.9. The van der Waals surface area contributed by atoms with Crippen LogP contribution in [0.2, 0.25) is 0 Å². The zero-order valence-electron chi connectivity index (χ0n) is 10.9. The molecule has 112 valence electrons. The molecule has 1 heterocycles. The molecule has 0 bridgehead atoms. The Balaban J connectivity index is 3.01. The molecule has 0 aliphatic heterocycles. The summed E-state index contributed by atoms with van der Waals surface area (Å²) in [5.41, 5.74) is 0.0747. The fourth-order valence-corrected chi connectivity index (χ4v) is 2.10. The zero-order valence-corrected chi connectivity index (χ0v) is 13.2. The number of nitrogens with zero attached hydrogens (tertiary/aromatic N) is 3. The number of ether oxygens (including phenoxy) is 2. The van der Waals surface area contributed by atoms with Gasteiger partial charge in [-0.2, -0.15) is 13.7 Å². The van der Waals surface area contributed by atoms with Crippen LogP contribution in [0.15, 0.2) is 12.0 Å². The summed E-state index contributed by atoms with van der Waals surface area (Å²) in [5.74, 6) is -1.01. The largest absolute Gasteiger partial charge is 0.502 e. The second-order valence-corrected chi connectivity index (χ2v) is 5.38. The second-order valence-electron chi connectivity index (χ2n) is 3.42. The normalized spacial score (nSPS) is 12.2. The molecule has 0 aliphatic carbocycles. The van der Waals surface area contributed by atoms with E-state index in [1.54, 1.807) is 6.92 Å². The molecule has 0 unspecified atom stereocenters. The standard InChI is InChI=1S/C10H12Cl2FN3O3S/c1-4-19-7(17)6(5-18-3)16(2)9-14-8(15-20-9)10(11,12)13/h5H,4H2,1-3H3. The average molecular weight is 344 g/mol. The molecule has 0 saturated heterocycles. The number of carbonyl (C=O) groups is 1. The van der Waals surface area contributed by atoms with Crippen LogP contribution in [0.25, 0.3) is 0 Å². The third-order valence-electron chi connectivity index (χ3n) is 2.03. The highest BCUT2D eigenvalue weighted by atomic mass is 35.5. The van der Waals surface area contributed by atoms with Gasteiger partial charge < -0.3 is 14.4 Å². The van der Waals surface area contributed by atoms with Crippen LogP contribution in [0.5, 0.6) is 0 Å². The number of halogens is 3. The molecule has 0 spiro atoms. The van der Waals surface area contributed by atoms with Gasteiger partial charge in [0.15, 0.2) is 5.70 Å². The summed E-state index contributed by atoms with van der Waals surface area (Å²) >= 11 is 11.3. The van der Waals surface area contributed by atoms with E-state index in [2.05, 4.69) is 9.36 Å². The van der Waals surface area contributed by atoms with Crippen molar-refractivity contribution in [2.24, 2.45) is 0 Å². The summed E-state index contributed by atoms with van der Waals surface area (Å²) in [5, 5.41) is 0.208. The van der Waals surface area contributed by atoms with E-state index in [-0.39, 0.29) is 17.4 Å². The third kappa shape index (κ3) is 4.19. The summed E-state index contributed by atoms with van der Waals surface area (Å²) in [6, 6.07) is 0. The predicted octanol–water partition coefficient (Wildman–Crippen LogP) is 2.58. The summed E-state index contributed by atoms with van der Waals surface area (Å²) in [6.45, 7) is 1.87. The minimum absolute atomic E-state index is 0.0747. The van der Waals surface area contributed by atoms with Crippen molar-refractivity contribution in [2.75, 3.05) is 25.7 Å². The van der Waals surface area contributed by atoms with E-state index in [1.807, 2.05) is 0 Å². The van der Waals surface area contributed by atoms with Gasteiger partial charge in [-0.3, -0.25) is 0 Å². The number of anilines is 1. The molecule has 0 fully saturated rings. The predicted molar refractivity (Wildman–Crippen MR) is 74.5 cm³/mol. The number of hydrogen-bond acceptors (Lipinski definition) is 7. The molecule has 0 saturated carbocycles. The lowest BCUT2D eigenvalue weighted by atomic mass is 10.4. The first-order chi connectivity index (χ1) is 9.31. The molecule has 0 atom stereocenters. The molecule has 0 N–H and O–H groups in total. The van der Waals surface area contributed by atoms with Gasteiger partial charge in [-0.25, -0.2) is 4.79 Å². The highest BCUT2D eigenvalue weighted by molar-refractivity contribution is 7.09. The minimum atomic E-state index is -2.69. The van der Waals surface area contributed by atoms with Crippen molar-refractivity contribution in [3.8, 4) is 0 Å². The van der Waals surface area contributed by atoms with Crippen molar-refractivity contribution < 1.29 is 18.7 Å². The minimum Gasteiger partial charge on any atom is -0.502 e. The number of hydrogen-bond donors (Lipinski definition) is 0. The van der Waals surface area contributed by atoms with Gasteiger partial charge in [0.25, 0.3) is 0 Å². The fraction of sp³-hybridized carbons (Fsp3) is 0.500. The first kappa shape index (κ1) is 16.9. The number of methoxy groups -OCH3 is 1. The topological polar surface area (TPSA) is 64.6 Å². The van der Waals surface area contributed by atoms with Crippen LogP contribution in [0.3, 0.4) is 0 Å².